The molecule has 1 fully saturated rings. The zero-order chi connectivity index (χ0) is 40.8. The van der Waals surface area contributed by atoms with Crippen LogP contribution in [0.2, 0.25) is 0 Å². The number of nitrogens with one attached hydrogen (secondary N) is 2. The highest BCUT2D eigenvalue weighted by Crippen LogP contribution is 2.43. The quantitative estimate of drug-likeness (QED) is 0.0282. The van der Waals surface area contributed by atoms with Crippen molar-refractivity contribution in [1.82, 2.24) is 15.2 Å². The van der Waals surface area contributed by atoms with E-state index in [1.807, 2.05) is 115 Å². The molecule has 0 unspecified atom stereocenters. The number of benzene rings is 5. The lowest BCUT2D eigenvalue weighted by atomic mass is 9.77. The number of amides is 2. The third-order valence-electron chi connectivity index (χ3n) is 10.2. The number of esters is 1. The van der Waals surface area contributed by atoms with Crippen LogP contribution in [0.3, 0.4) is 0 Å². The highest BCUT2D eigenvalue weighted by atomic mass is 35.5. The average molecular weight is 840 g/mol. The van der Waals surface area contributed by atoms with Gasteiger partial charge in [-0.1, -0.05) is 157 Å². The third-order valence-corrected chi connectivity index (χ3v) is 12.6. The second-order valence-corrected chi connectivity index (χ2v) is 15.9. The van der Waals surface area contributed by atoms with E-state index >= 15 is 0 Å². The number of carbonyl (C=O) groups is 3. The Hall–Kier alpha value is -6.21. The standard InChI is InChI=1S/C46H38ClN5O5S2/c1-56-51-37(36-29-59-45(48-36)50-46(33-21-11-4-12-22-33,34-23-13-5-14-24-34)35-25-15-6-16-26-35)41(53)49-38-42(54)52-39(32(27-47)28-58-43(38)52)44(55)57-40(30-17-7-2-8-18-30)31-19-9-3-10-20-31/h2-26,29,38,40,43H,27-28H2,1H3,(H,48,50)(H,49,53)/b51-37-/t38-,43-/m1/s1. The van der Waals surface area contributed by atoms with E-state index in [9.17, 15) is 14.4 Å². The second-order valence-electron chi connectivity index (χ2n) is 13.7. The van der Waals surface area contributed by atoms with Crippen LogP contribution in [0.4, 0.5) is 5.13 Å². The first-order chi connectivity index (χ1) is 28.9. The van der Waals surface area contributed by atoms with Gasteiger partial charge in [0.25, 0.3) is 11.8 Å². The van der Waals surface area contributed by atoms with E-state index in [0.29, 0.717) is 16.5 Å². The fraction of sp³-hybridized carbons (Fsp3) is 0.152. The number of β-lactam (4-membered cyclic amide) rings is 1. The van der Waals surface area contributed by atoms with Gasteiger partial charge in [0.1, 0.15) is 35.5 Å². The number of thioether (sulfide) groups is 1. The molecule has 0 saturated carbocycles. The summed E-state index contributed by atoms with van der Waals surface area (Å²) >= 11 is 9.07. The third kappa shape index (κ3) is 7.86. The number of nitrogens with zero attached hydrogens (tertiary/aromatic N) is 3. The molecular weight excluding hydrogens is 802 g/mol. The molecule has 2 amide bonds. The predicted molar refractivity (Wildman–Crippen MR) is 232 cm³/mol. The van der Waals surface area contributed by atoms with Gasteiger partial charge in [-0.3, -0.25) is 14.5 Å². The van der Waals surface area contributed by atoms with E-state index in [0.717, 1.165) is 27.8 Å². The predicted octanol–water partition coefficient (Wildman–Crippen LogP) is 8.12. The lowest BCUT2D eigenvalue weighted by molar-refractivity contribution is -0.154. The van der Waals surface area contributed by atoms with Crippen LogP contribution in [-0.4, -0.2) is 63.5 Å². The lowest BCUT2D eigenvalue weighted by Crippen LogP contribution is -2.71. The van der Waals surface area contributed by atoms with Crippen LogP contribution in [-0.2, 0) is 29.5 Å². The number of oxime groups is 1. The van der Waals surface area contributed by atoms with Gasteiger partial charge >= 0.3 is 5.97 Å². The fourth-order valence-corrected chi connectivity index (χ4v) is 9.84. The molecule has 3 heterocycles. The second kappa shape index (κ2) is 17.7. The van der Waals surface area contributed by atoms with Crippen LogP contribution in [0.1, 0.15) is 39.6 Å². The number of hydrogen-bond acceptors (Lipinski definition) is 10. The van der Waals surface area contributed by atoms with Crippen LogP contribution < -0.4 is 10.6 Å². The van der Waals surface area contributed by atoms with Crippen molar-refractivity contribution < 1.29 is 24.0 Å². The summed E-state index contributed by atoms with van der Waals surface area (Å²) in [6.45, 7) is 0. The van der Waals surface area contributed by atoms with Crippen molar-refractivity contribution in [3.63, 3.8) is 0 Å². The van der Waals surface area contributed by atoms with Crippen molar-refractivity contribution in [2.45, 2.75) is 23.1 Å². The molecule has 6 aromatic rings. The van der Waals surface area contributed by atoms with E-state index in [1.165, 1.54) is 35.1 Å². The molecule has 0 spiro atoms. The number of hydrogen-bond donors (Lipinski definition) is 2. The molecule has 10 nitrogen and oxygen atoms in total. The molecule has 1 aromatic heterocycles. The molecule has 0 aliphatic carbocycles. The Labute approximate surface area is 354 Å². The first-order valence-electron chi connectivity index (χ1n) is 18.8. The van der Waals surface area contributed by atoms with E-state index in [2.05, 4.69) is 52.2 Å². The number of anilines is 1. The number of halogens is 1. The molecule has 1 saturated heterocycles. The van der Waals surface area contributed by atoms with E-state index in [1.54, 1.807) is 5.38 Å². The molecule has 0 bridgehead atoms. The topological polar surface area (TPSA) is 122 Å². The van der Waals surface area contributed by atoms with Gasteiger partial charge in [-0.05, 0) is 33.4 Å². The summed E-state index contributed by atoms with van der Waals surface area (Å²) in [7, 11) is 1.34. The number of fused-ring (bicyclic) bond motifs is 1. The first kappa shape index (κ1) is 39.6. The van der Waals surface area contributed by atoms with Crippen molar-refractivity contribution >= 4 is 63.3 Å². The molecule has 59 heavy (non-hydrogen) atoms. The molecule has 5 aromatic carbocycles. The summed E-state index contributed by atoms with van der Waals surface area (Å²) in [6.07, 6.45) is -0.725. The van der Waals surface area contributed by atoms with Crippen molar-refractivity contribution in [2.24, 2.45) is 5.16 Å². The summed E-state index contributed by atoms with van der Waals surface area (Å²) in [5.41, 5.74) is 4.46. The number of carbonyl (C=O) groups excluding carboxylic acids is 3. The van der Waals surface area contributed by atoms with Gasteiger partial charge in [-0.15, -0.1) is 34.7 Å². The maximum atomic E-state index is 14.1. The number of alkyl halides is 1. The Balaban J connectivity index is 1.03. The van der Waals surface area contributed by atoms with Crippen LogP contribution in [0.15, 0.2) is 173 Å². The largest absolute Gasteiger partial charge is 0.448 e. The van der Waals surface area contributed by atoms with Gasteiger partial charge in [0.15, 0.2) is 16.9 Å². The maximum absolute atomic E-state index is 14.1. The Morgan fingerprint density at radius 2 is 1.34 bits per heavy atom. The number of ether oxygens (including phenoxy) is 1. The molecular formula is C46H38ClN5O5S2. The highest BCUT2D eigenvalue weighted by Gasteiger charge is 2.55. The monoisotopic (exact) mass is 839 g/mol. The minimum absolute atomic E-state index is 0.0250. The van der Waals surface area contributed by atoms with Crippen molar-refractivity contribution in [3.05, 3.63) is 202 Å². The maximum Gasteiger partial charge on any atom is 0.356 e. The molecule has 0 radical (unpaired) electrons. The number of aromatic nitrogens is 1. The molecule has 2 aliphatic heterocycles. The molecule has 13 heteroatoms. The zero-order valence-electron chi connectivity index (χ0n) is 31.7. The fourth-order valence-electron chi connectivity index (χ4n) is 7.41. The summed E-state index contributed by atoms with van der Waals surface area (Å²) < 4.78 is 6.17. The highest BCUT2D eigenvalue weighted by molar-refractivity contribution is 8.00. The van der Waals surface area contributed by atoms with Gasteiger partial charge in [0, 0.05) is 17.0 Å². The number of thiazole rings is 1. The Morgan fingerprint density at radius 3 is 1.83 bits per heavy atom. The zero-order valence-corrected chi connectivity index (χ0v) is 34.1. The van der Waals surface area contributed by atoms with Gasteiger partial charge in [-0.25, -0.2) is 9.78 Å². The van der Waals surface area contributed by atoms with Gasteiger partial charge in [0.05, 0.1) is 0 Å². The normalized spacial score (nSPS) is 16.6. The minimum Gasteiger partial charge on any atom is -0.448 e. The SMILES string of the molecule is CO/N=C(\C(=O)N[C@@H]1C(=O)N2C(C(=O)OC(c3ccccc3)c3ccccc3)=C(CCl)CS[C@H]12)c1csc(NC(c2ccccc2)(c2ccccc2)c2ccccc2)n1. The number of rotatable bonds is 14. The van der Waals surface area contributed by atoms with Crippen LogP contribution in [0, 0.1) is 0 Å². The Bertz CT molecular complexity index is 2350. The van der Waals surface area contributed by atoms with Gasteiger partial charge in [-0.2, -0.15) is 0 Å². The van der Waals surface area contributed by atoms with Crippen LogP contribution >= 0.6 is 34.7 Å². The van der Waals surface area contributed by atoms with Crippen LogP contribution in [0.25, 0.3) is 0 Å². The summed E-state index contributed by atoms with van der Waals surface area (Å²) in [5, 5.41) is 12.3. The molecule has 2 atom stereocenters. The minimum atomic E-state index is -0.966. The average Bonchev–Trinajstić information content (AvgIpc) is 3.76. The molecule has 2 N–H and O–H groups in total. The van der Waals surface area contributed by atoms with E-state index < -0.39 is 40.8 Å². The summed E-state index contributed by atoms with van der Waals surface area (Å²) in [5.74, 6) is -1.42. The van der Waals surface area contributed by atoms with Crippen LogP contribution in [0.5, 0.6) is 0 Å². The summed E-state index contributed by atoms with van der Waals surface area (Å²) in [4.78, 5) is 53.4. The smallest absolute Gasteiger partial charge is 0.356 e. The van der Waals surface area contributed by atoms with E-state index in [4.69, 9.17) is 26.2 Å². The molecule has 8 rings (SSSR count). The van der Waals surface area contributed by atoms with E-state index in [-0.39, 0.29) is 23.0 Å². The lowest BCUT2D eigenvalue weighted by Gasteiger charge is -2.49. The van der Waals surface area contributed by atoms with Gasteiger partial charge in [0.2, 0.25) is 0 Å². The Morgan fingerprint density at radius 1 is 0.831 bits per heavy atom. The van der Waals surface area contributed by atoms with Crippen molar-refractivity contribution in [2.75, 3.05) is 24.1 Å². The molecule has 2 aliphatic rings. The summed E-state index contributed by atoms with van der Waals surface area (Å²) in [6, 6.07) is 48.1. The first-order valence-corrected chi connectivity index (χ1v) is 21.3. The molecule has 296 valence electrons. The Kier molecular flexibility index (Phi) is 11.9. The van der Waals surface area contributed by atoms with Gasteiger partial charge < -0.3 is 20.2 Å². The van der Waals surface area contributed by atoms with Crippen molar-refractivity contribution in [1.29, 1.82) is 0 Å². The van der Waals surface area contributed by atoms with Crippen molar-refractivity contribution in [3.8, 4) is 0 Å².